The van der Waals surface area contributed by atoms with E-state index in [1.807, 2.05) is 0 Å². The summed E-state index contributed by atoms with van der Waals surface area (Å²) >= 11 is 0. The van der Waals surface area contributed by atoms with E-state index in [0.29, 0.717) is 33.5 Å². The quantitative estimate of drug-likeness (QED) is 0.323. The number of hydrogen-bond acceptors (Lipinski definition) is 5. The number of esters is 1. The number of H-pyrrole nitrogens is 1. The molecule has 0 saturated heterocycles. The van der Waals surface area contributed by atoms with Gasteiger partial charge in [0.05, 0.1) is 5.56 Å². The molecule has 0 atom stereocenters. The molecule has 28 heavy (non-hydrogen) atoms. The SMILES string of the molecule is CC(=O)Oc1ccc2c(C(=O)c3c(-c4cccc(F)c4)noc3C)c[nH]c2c1. The first-order chi connectivity index (χ1) is 13.4. The van der Waals surface area contributed by atoms with Crippen molar-refractivity contribution in [1.82, 2.24) is 10.1 Å². The van der Waals surface area contributed by atoms with Crippen molar-refractivity contribution < 1.29 is 23.2 Å². The number of aromatic nitrogens is 2. The zero-order valence-corrected chi connectivity index (χ0v) is 15.1. The number of aryl methyl sites for hydroxylation is 1. The molecule has 2 aromatic heterocycles. The number of nitrogens with one attached hydrogen (secondary N) is 1. The Balaban J connectivity index is 1.79. The van der Waals surface area contributed by atoms with Gasteiger partial charge in [0.1, 0.15) is 23.0 Å². The molecule has 0 bridgehead atoms. The molecule has 0 radical (unpaired) electrons. The van der Waals surface area contributed by atoms with Gasteiger partial charge in [0.25, 0.3) is 0 Å². The molecule has 4 rings (SSSR count). The molecule has 2 aromatic carbocycles. The van der Waals surface area contributed by atoms with Crippen LogP contribution in [0.1, 0.15) is 28.6 Å². The topological polar surface area (TPSA) is 85.2 Å². The van der Waals surface area contributed by atoms with E-state index in [0.717, 1.165) is 0 Å². The van der Waals surface area contributed by atoms with Crippen LogP contribution in [0.15, 0.2) is 53.2 Å². The van der Waals surface area contributed by atoms with Crippen molar-refractivity contribution in [1.29, 1.82) is 0 Å². The highest BCUT2D eigenvalue weighted by molar-refractivity contribution is 6.19. The van der Waals surface area contributed by atoms with E-state index in [1.54, 1.807) is 43.5 Å². The van der Waals surface area contributed by atoms with Gasteiger partial charge in [-0.25, -0.2) is 4.39 Å². The van der Waals surface area contributed by atoms with Crippen LogP contribution in [0.5, 0.6) is 5.75 Å². The van der Waals surface area contributed by atoms with Gasteiger partial charge < -0.3 is 14.2 Å². The fourth-order valence-corrected chi connectivity index (χ4v) is 3.13. The van der Waals surface area contributed by atoms with Crippen LogP contribution >= 0.6 is 0 Å². The smallest absolute Gasteiger partial charge is 0.308 e. The Bertz CT molecular complexity index is 1220. The van der Waals surface area contributed by atoms with Crippen LogP contribution in [0, 0.1) is 12.7 Å². The van der Waals surface area contributed by atoms with Gasteiger partial charge in [-0.1, -0.05) is 17.3 Å². The van der Waals surface area contributed by atoms with Crippen LogP contribution < -0.4 is 4.74 Å². The molecule has 7 heteroatoms. The van der Waals surface area contributed by atoms with Gasteiger partial charge in [0.2, 0.25) is 5.78 Å². The summed E-state index contributed by atoms with van der Waals surface area (Å²) < 4.78 is 23.9. The molecule has 0 unspecified atom stereocenters. The third-order valence-corrected chi connectivity index (χ3v) is 4.35. The number of aromatic amines is 1. The molecule has 0 aliphatic heterocycles. The number of hydrogen-bond donors (Lipinski definition) is 1. The van der Waals surface area contributed by atoms with E-state index < -0.39 is 11.8 Å². The van der Waals surface area contributed by atoms with Gasteiger partial charge in [-0.15, -0.1) is 0 Å². The minimum Gasteiger partial charge on any atom is -0.427 e. The number of carbonyl (C=O) groups is 2. The van der Waals surface area contributed by atoms with Crippen molar-refractivity contribution in [3.8, 4) is 17.0 Å². The number of halogens is 1. The number of benzene rings is 2. The van der Waals surface area contributed by atoms with Gasteiger partial charge in [-0.2, -0.15) is 0 Å². The van der Waals surface area contributed by atoms with Crippen molar-refractivity contribution in [2.75, 3.05) is 0 Å². The van der Waals surface area contributed by atoms with E-state index in [-0.39, 0.29) is 17.0 Å². The van der Waals surface area contributed by atoms with Gasteiger partial charge in [-0.05, 0) is 31.2 Å². The summed E-state index contributed by atoms with van der Waals surface area (Å²) in [6.45, 7) is 2.95. The van der Waals surface area contributed by atoms with Gasteiger partial charge in [0.15, 0.2) is 0 Å². The molecule has 2 heterocycles. The number of fused-ring (bicyclic) bond motifs is 1. The summed E-state index contributed by atoms with van der Waals surface area (Å²) in [5.41, 5.74) is 2.07. The summed E-state index contributed by atoms with van der Waals surface area (Å²) in [6, 6.07) is 10.8. The Labute approximate surface area is 158 Å². The maximum Gasteiger partial charge on any atom is 0.308 e. The fourth-order valence-electron chi connectivity index (χ4n) is 3.13. The zero-order chi connectivity index (χ0) is 19.8. The monoisotopic (exact) mass is 378 g/mol. The van der Waals surface area contributed by atoms with Crippen LogP contribution in [0.25, 0.3) is 22.2 Å². The Hall–Kier alpha value is -3.74. The Kier molecular flexibility index (Phi) is 4.27. The Morgan fingerprint density at radius 2 is 2.00 bits per heavy atom. The normalized spacial score (nSPS) is 11.0. The van der Waals surface area contributed by atoms with E-state index in [1.165, 1.54) is 19.1 Å². The molecule has 1 N–H and O–H groups in total. The van der Waals surface area contributed by atoms with E-state index in [4.69, 9.17) is 9.26 Å². The summed E-state index contributed by atoms with van der Waals surface area (Å²) in [5.74, 6) is -0.439. The highest BCUT2D eigenvalue weighted by atomic mass is 19.1. The lowest BCUT2D eigenvalue weighted by Crippen LogP contribution is -2.03. The average Bonchev–Trinajstić information content (AvgIpc) is 3.24. The summed E-state index contributed by atoms with van der Waals surface area (Å²) in [6.07, 6.45) is 1.58. The van der Waals surface area contributed by atoms with Gasteiger partial charge in [-0.3, -0.25) is 9.59 Å². The van der Waals surface area contributed by atoms with Gasteiger partial charge in [0, 0.05) is 41.2 Å². The third-order valence-electron chi connectivity index (χ3n) is 4.35. The van der Waals surface area contributed by atoms with E-state index in [2.05, 4.69) is 10.1 Å². The summed E-state index contributed by atoms with van der Waals surface area (Å²) in [7, 11) is 0. The van der Waals surface area contributed by atoms with Crippen LogP contribution in [-0.4, -0.2) is 21.9 Å². The standard InChI is InChI=1S/C21H15FN2O4/c1-11-19(20(24-28-11)13-4-3-5-14(22)8-13)21(26)17-10-23-18-9-15(27-12(2)25)6-7-16(17)18/h3-10,23H,1-2H3. The number of ketones is 1. The lowest BCUT2D eigenvalue weighted by Gasteiger charge is -2.03. The first-order valence-corrected chi connectivity index (χ1v) is 8.50. The first-order valence-electron chi connectivity index (χ1n) is 8.50. The van der Waals surface area contributed by atoms with Crippen molar-refractivity contribution in [3.63, 3.8) is 0 Å². The second-order valence-electron chi connectivity index (χ2n) is 6.31. The zero-order valence-electron chi connectivity index (χ0n) is 15.1. The Morgan fingerprint density at radius 1 is 1.18 bits per heavy atom. The number of rotatable bonds is 4. The van der Waals surface area contributed by atoms with Crippen LogP contribution in [0.3, 0.4) is 0 Å². The maximum atomic E-state index is 13.6. The van der Waals surface area contributed by atoms with Crippen LogP contribution in [0.4, 0.5) is 4.39 Å². The lowest BCUT2D eigenvalue weighted by molar-refractivity contribution is -0.131. The molecule has 0 aliphatic rings. The van der Waals surface area contributed by atoms with Crippen LogP contribution in [0.2, 0.25) is 0 Å². The minimum atomic E-state index is -0.429. The van der Waals surface area contributed by atoms with E-state index in [9.17, 15) is 14.0 Å². The van der Waals surface area contributed by atoms with Crippen molar-refractivity contribution in [2.24, 2.45) is 0 Å². The number of nitrogens with zero attached hydrogens (tertiary/aromatic N) is 1. The highest BCUT2D eigenvalue weighted by Gasteiger charge is 2.25. The Morgan fingerprint density at radius 3 is 2.75 bits per heavy atom. The van der Waals surface area contributed by atoms with Crippen LogP contribution in [-0.2, 0) is 4.79 Å². The molecular formula is C21H15FN2O4. The lowest BCUT2D eigenvalue weighted by atomic mass is 9.98. The van der Waals surface area contributed by atoms with Crippen molar-refractivity contribution in [3.05, 3.63) is 71.4 Å². The summed E-state index contributed by atoms with van der Waals surface area (Å²) in [5, 5.41) is 4.61. The average molecular weight is 378 g/mol. The number of carbonyl (C=O) groups excluding carboxylic acids is 2. The molecular weight excluding hydrogens is 363 g/mol. The summed E-state index contributed by atoms with van der Waals surface area (Å²) in [4.78, 5) is 27.4. The second-order valence-corrected chi connectivity index (χ2v) is 6.31. The molecule has 0 aliphatic carbocycles. The molecule has 0 spiro atoms. The van der Waals surface area contributed by atoms with Crippen molar-refractivity contribution in [2.45, 2.75) is 13.8 Å². The molecule has 0 saturated carbocycles. The predicted molar refractivity (Wildman–Crippen MR) is 99.7 cm³/mol. The van der Waals surface area contributed by atoms with E-state index >= 15 is 0 Å². The van der Waals surface area contributed by atoms with Gasteiger partial charge >= 0.3 is 5.97 Å². The second kappa shape index (κ2) is 6.77. The largest absolute Gasteiger partial charge is 0.427 e. The first kappa shape index (κ1) is 17.7. The molecule has 0 fully saturated rings. The molecule has 0 amide bonds. The highest BCUT2D eigenvalue weighted by Crippen LogP contribution is 2.31. The predicted octanol–water partition coefficient (Wildman–Crippen LogP) is 4.43. The minimum absolute atomic E-state index is 0.274. The fraction of sp³-hybridized carbons (Fsp3) is 0.0952. The molecule has 6 nitrogen and oxygen atoms in total. The number of ether oxygens (including phenoxy) is 1. The molecule has 140 valence electrons. The maximum absolute atomic E-state index is 13.6. The van der Waals surface area contributed by atoms with Crippen molar-refractivity contribution >= 4 is 22.7 Å². The molecule has 4 aromatic rings. The third kappa shape index (κ3) is 3.07.